The molecule has 6 heteroatoms. The number of aryl methyl sites for hydroxylation is 1. The molecule has 0 radical (unpaired) electrons. The zero-order chi connectivity index (χ0) is 20.8. The Morgan fingerprint density at radius 2 is 1.68 bits per heavy atom. The first-order valence-corrected chi connectivity index (χ1v) is 9.76. The molecule has 4 N–H and O–H groups in total. The fraction of sp³-hybridized carbons (Fsp3) is 0.455. The van der Waals surface area contributed by atoms with E-state index in [1.807, 2.05) is 6.92 Å². The van der Waals surface area contributed by atoms with Gasteiger partial charge < -0.3 is 25.2 Å². The quantitative estimate of drug-likeness (QED) is 0.519. The van der Waals surface area contributed by atoms with Gasteiger partial charge in [-0.3, -0.25) is 0 Å². The van der Waals surface area contributed by atoms with E-state index in [1.165, 1.54) is 5.56 Å². The highest BCUT2D eigenvalue weighted by atomic mass is 35.5. The molecule has 0 bridgehead atoms. The van der Waals surface area contributed by atoms with Crippen molar-refractivity contribution in [3.63, 3.8) is 0 Å². The lowest BCUT2D eigenvalue weighted by molar-refractivity contribution is -0.218. The summed E-state index contributed by atoms with van der Waals surface area (Å²) in [6.07, 6.45) is -1.10. The van der Waals surface area contributed by atoms with Crippen LogP contribution in [-0.4, -0.2) is 57.6 Å². The van der Waals surface area contributed by atoms with Gasteiger partial charge in [-0.1, -0.05) is 61.0 Å². The first kappa shape index (κ1) is 22.8. The van der Waals surface area contributed by atoms with Crippen LogP contribution in [-0.2, 0) is 17.6 Å². The third kappa shape index (κ3) is 5.54. The molecule has 1 aliphatic heterocycles. The van der Waals surface area contributed by atoms with Crippen molar-refractivity contribution in [1.82, 2.24) is 0 Å². The molecule has 1 aromatic carbocycles. The number of hydrogen-bond acceptors (Lipinski definition) is 5. The molecule has 28 heavy (non-hydrogen) atoms. The maximum atomic E-state index is 10.1. The van der Waals surface area contributed by atoms with E-state index in [9.17, 15) is 20.4 Å². The average molecular weight is 409 g/mol. The third-order valence-electron chi connectivity index (χ3n) is 5.01. The Bertz CT molecular complexity index is 723. The summed E-state index contributed by atoms with van der Waals surface area (Å²) < 4.78 is 5.48. The van der Waals surface area contributed by atoms with E-state index in [0.29, 0.717) is 17.0 Å². The van der Waals surface area contributed by atoms with Crippen LogP contribution < -0.4 is 0 Å². The Morgan fingerprint density at radius 1 is 1.07 bits per heavy atom. The molecule has 5 nitrogen and oxygen atoms in total. The smallest absolute Gasteiger partial charge is 0.113 e. The number of aliphatic hydroxyl groups excluding tert-OH is 4. The summed E-state index contributed by atoms with van der Waals surface area (Å²) in [5.74, 6) is 0. The standard InChI is InChI=1S/C22H29ClO5/c1-4-15-6-8-16(9-7-15)11-14(3)17(23)10-5-13(2)22-21(27)20(26)19(25)18(12-24)28-22/h5-10,18-22,24-27H,2,4,11-12H2,1,3H3/b10-5-,17-14-/t18-,19-,20+,21-,22+/m1/s1. The zero-order valence-electron chi connectivity index (χ0n) is 16.3. The Kier molecular flexibility index (Phi) is 8.43. The average Bonchev–Trinajstić information content (AvgIpc) is 2.70. The summed E-state index contributed by atoms with van der Waals surface area (Å²) >= 11 is 6.39. The van der Waals surface area contributed by atoms with Crippen LogP contribution in [0.25, 0.3) is 0 Å². The van der Waals surface area contributed by atoms with E-state index in [2.05, 4.69) is 37.8 Å². The minimum Gasteiger partial charge on any atom is -0.394 e. The first-order valence-electron chi connectivity index (χ1n) is 9.38. The fourth-order valence-corrected chi connectivity index (χ4v) is 3.24. The van der Waals surface area contributed by atoms with Crippen molar-refractivity contribution in [2.45, 2.75) is 57.2 Å². The Hall–Kier alpha value is -1.47. The van der Waals surface area contributed by atoms with Crippen LogP contribution in [0.2, 0.25) is 0 Å². The summed E-state index contributed by atoms with van der Waals surface area (Å²) in [6.45, 7) is 7.44. The summed E-state index contributed by atoms with van der Waals surface area (Å²) in [6, 6.07) is 8.38. The van der Waals surface area contributed by atoms with Gasteiger partial charge in [0.1, 0.15) is 30.5 Å². The second-order valence-corrected chi connectivity index (χ2v) is 7.54. The van der Waals surface area contributed by atoms with Crippen molar-refractivity contribution in [1.29, 1.82) is 0 Å². The molecular weight excluding hydrogens is 380 g/mol. The molecule has 0 saturated carbocycles. The second-order valence-electron chi connectivity index (χ2n) is 7.13. The minimum atomic E-state index is -1.43. The number of halogens is 1. The molecule has 1 aromatic rings. The SMILES string of the molecule is C=C(/C=C\C(Cl)=C(/C)Cc1ccc(CC)cc1)[C@@H]1O[C@H](CO)[C@@H](O)[C@H](O)[C@H]1O. The monoisotopic (exact) mass is 408 g/mol. The van der Waals surface area contributed by atoms with E-state index in [4.69, 9.17) is 16.3 Å². The second kappa shape index (κ2) is 10.3. The van der Waals surface area contributed by atoms with Crippen LogP contribution >= 0.6 is 11.6 Å². The maximum absolute atomic E-state index is 10.1. The highest BCUT2D eigenvalue weighted by Crippen LogP contribution is 2.26. The molecule has 2 rings (SSSR count). The third-order valence-corrected chi connectivity index (χ3v) is 5.46. The lowest BCUT2D eigenvalue weighted by atomic mass is 9.91. The van der Waals surface area contributed by atoms with Crippen LogP contribution in [0.5, 0.6) is 0 Å². The van der Waals surface area contributed by atoms with Crippen LogP contribution in [0.4, 0.5) is 0 Å². The van der Waals surface area contributed by atoms with Gasteiger partial charge in [0.05, 0.1) is 6.61 Å². The largest absolute Gasteiger partial charge is 0.394 e. The lowest BCUT2D eigenvalue weighted by Gasteiger charge is -2.40. The molecule has 0 unspecified atom stereocenters. The van der Waals surface area contributed by atoms with Gasteiger partial charge in [0.15, 0.2) is 0 Å². The van der Waals surface area contributed by atoms with Gasteiger partial charge in [-0.05, 0) is 42.5 Å². The van der Waals surface area contributed by atoms with Crippen molar-refractivity contribution in [2.75, 3.05) is 6.61 Å². The minimum absolute atomic E-state index is 0.384. The van der Waals surface area contributed by atoms with Gasteiger partial charge in [0, 0.05) is 5.03 Å². The van der Waals surface area contributed by atoms with Gasteiger partial charge in [-0.15, -0.1) is 0 Å². The normalized spacial score (nSPS) is 29.0. The number of hydrogen-bond donors (Lipinski definition) is 4. The number of rotatable bonds is 7. The fourth-order valence-electron chi connectivity index (χ4n) is 3.11. The van der Waals surface area contributed by atoms with Gasteiger partial charge in [-0.25, -0.2) is 0 Å². The van der Waals surface area contributed by atoms with Crippen molar-refractivity contribution in [2.24, 2.45) is 0 Å². The number of ether oxygens (including phenoxy) is 1. The van der Waals surface area contributed by atoms with Crippen molar-refractivity contribution in [3.8, 4) is 0 Å². The summed E-state index contributed by atoms with van der Waals surface area (Å²) in [4.78, 5) is 0. The summed E-state index contributed by atoms with van der Waals surface area (Å²) in [7, 11) is 0. The first-order chi connectivity index (χ1) is 13.3. The summed E-state index contributed by atoms with van der Waals surface area (Å²) in [5, 5.41) is 39.7. The zero-order valence-corrected chi connectivity index (χ0v) is 17.0. The molecule has 0 amide bonds. The van der Waals surface area contributed by atoms with Crippen LogP contribution in [0, 0.1) is 0 Å². The van der Waals surface area contributed by atoms with Crippen molar-refractivity contribution < 1.29 is 25.2 Å². The molecular formula is C22H29ClO5. The Balaban J connectivity index is 2.05. The molecule has 1 aliphatic rings. The predicted octanol–water partition coefficient (Wildman–Crippen LogP) is 2.26. The molecule has 1 saturated heterocycles. The van der Waals surface area contributed by atoms with Gasteiger partial charge in [0.25, 0.3) is 0 Å². The van der Waals surface area contributed by atoms with Crippen LogP contribution in [0.1, 0.15) is 25.0 Å². The molecule has 0 aliphatic carbocycles. The molecule has 0 aromatic heterocycles. The van der Waals surface area contributed by atoms with E-state index in [0.717, 1.165) is 17.6 Å². The summed E-state index contributed by atoms with van der Waals surface area (Å²) in [5.41, 5.74) is 3.81. The van der Waals surface area contributed by atoms with Crippen molar-refractivity contribution >= 4 is 11.6 Å². The van der Waals surface area contributed by atoms with Gasteiger partial charge in [-0.2, -0.15) is 0 Å². The Labute approximate surface area is 171 Å². The maximum Gasteiger partial charge on any atom is 0.113 e. The molecule has 5 atom stereocenters. The van der Waals surface area contributed by atoms with Gasteiger partial charge in [0.2, 0.25) is 0 Å². The lowest BCUT2D eigenvalue weighted by Crippen LogP contribution is -2.58. The highest BCUT2D eigenvalue weighted by molar-refractivity contribution is 6.31. The number of benzene rings is 1. The highest BCUT2D eigenvalue weighted by Gasteiger charge is 2.43. The predicted molar refractivity (Wildman–Crippen MR) is 110 cm³/mol. The van der Waals surface area contributed by atoms with Crippen LogP contribution in [0.15, 0.2) is 59.2 Å². The number of aliphatic hydroxyl groups is 4. The molecule has 0 spiro atoms. The number of allylic oxidation sites excluding steroid dienone is 3. The molecule has 1 heterocycles. The van der Waals surface area contributed by atoms with E-state index >= 15 is 0 Å². The van der Waals surface area contributed by atoms with Gasteiger partial charge >= 0.3 is 0 Å². The Morgan fingerprint density at radius 3 is 2.25 bits per heavy atom. The van der Waals surface area contributed by atoms with Crippen molar-refractivity contribution in [3.05, 3.63) is 70.3 Å². The van der Waals surface area contributed by atoms with Crippen LogP contribution in [0.3, 0.4) is 0 Å². The van der Waals surface area contributed by atoms with E-state index in [-0.39, 0.29) is 0 Å². The molecule has 154 valence electrons. The van der Waals surface area contributed by atoms with E-state index < -0.39 is 37.1 Å². The van der Waals surface area contributed by atoms with E-state index in [1.54, 1.807) is 12.2 Å². The topological polar surface area (TPSA) is 90.2 Å². The molecule has 1 fully saturated rings.